The molecule has 2 rings (SSSR count). The van der Waals surface area contributed by atoms with Crippen molar-refractivity contribution < 1.29 is 9.53 Å². The van der Waals surface area contributed by atoms with Crippen LogP contribution in [0.3, 0.4) is 0 Å². The van der Waals surface area contributed by atoms with Crippen LogP contribution in [0.1, 0.15) is 35.8 Å². The minimum atomic E-state index is -0.294. The van der Waals surface area contributed by atoms with Gasteiger partial charge >= 0.3 is 5.97 Å². The van der Waals surface area contributed by atoms with E-state index in [2.05, 4.69) is 13.8 Å². The summed E-state index contributed by atoms with van der Waals surface area (Å²) in [5.41, 5.74) is 3.76. The molecule has 3 nitrogen and oxygen atoms in total. The Labute approximate surface area is 113 Å². The van der Waals surface area contributed by atoms with Crippen LogP contribution in [0.25, 0.3) is 11.1 Å². The summed E-state index contributed by atoms with van der Waals surface area (Å²) in [6.07, 6.45) is 3.87. The van der Waals surface area contributed by atoms with E-state index in [0.29, 0.717) is 11.6 Å². The Bertz CT molecular complexity index is 597. The van der Waals surface area contributed by atoms with Gasteiger partial charge in [-0.05, 0) is 31.9 Å². The lowest BCUT2D eigenvalue weighted by atomic mass is 10.00. The number of methoxy groups -OCH3 is 1. The minimum Gasteiger partial charge on any atom is -0.465 e. The van der Waals surface area contributed by atoms with Crippen LogP contribution in [0.4, 0.5) is 0 Å². The first-order valence-corrected chi connectivity index (χ1v) is 6.40. The molecule has 0 amide bonds. The molecule has 0 N–H and O–H groups in total. The molecule has 3 heteroatoms. The Kier molecular flexibility index (Phi) is 3.74. The number of carbonyl (C=O) groups is 1. The van der Waals surface area contributed by atoms with Crippen molar-refractivity contribution in [3.8, 4) is 11.1 Å². The second kappa shape index (κ2) is 5.31. The Morgan fingerprint density at radius 3 is 2.42 bits per heavy atom. The fraction of sp³-hybridized carbons (Fsp3) is 0.312. The van der Waals surface area contributed by atoms with Gasteiger partial charge in [0.05, 0.1) is 12.7 Å². The van der Waals surface area contributed by atoms with E-state index in [1.165, 1.54) is 7.11 Å². The average Bonchev–Trinajstić information content (AvgIpc) is 2.83. The van der Waals surface area contributed by atoms with E-state index < -0.39 is 0 Å². The summed E-state index contributed by atoms with van der Waals surface area (Å²) in [7, 11) is 1.41. The first-order chi connectivity index (χ1) is 9.04. The SMILES string of the molecule is COC(=O)c1cn(C(C)C)cc1-c1ccccc1C. The van der Waals surface area contributed by atoms with Crippen molar-refractivity contribution in [2.45, 2.75) is 26.8 Å². The monoisotopic (exact) mass is 257 g/mol. The van der Waals surface area contributed by atoms with Crippen LogP contribution in [0.5, 0.6) is 0 Å². The molecule has 0 aliphatic carbocycles. The van der Waals surface area contributed by atoms with Crippen molar-refractivity contribution in [1.82, 2.24) is 4.57 Å². The number of ether oxygens (including phenoxy) is 1. The molecule has 0 saturated heterocycles. The van der Waals surface area contributed by atoms with Crippen LogP contribution in [0, 0.1) is 6.92 Å². The molecule has 0 saturated carbocycles. The van der Waals surface area contributed by atoms with E-state index in [4.69, 9.17) is 4.74 Å². The van der Waals surface area contributed by atoms with Crippen LogP contribution in [-0.4, -0.2) is 17.6 Å². The van der Waals surface area contributed by atoms with Crippen molar-refractivity contribution in [3.05, 3.63) is 47.8 Å². The van der Waals surface area contributed by atoms with E-state index in [-0.39, 0.29) is 5.97 Å². The standard InChI is InChI=1S/C16H19NO2/c1-11(2)17-9-14(15(10-17)16(18)19-4)13-8-6-5-7-12(13)3/h5-11H,1-4H3. The summed E-state index contributed by atoms with van der Waals surface area (Å²) in [5.74, 6) is -0.294. The molecule has 0 aliphatic rings. The topological polar surface area (TPSA) is 31.2 Å². The number of benzene rings is 1. The smallest absolute Gasteiger partial charge is 0.340 e. The fourth-order valence-electron chi connectivity index (χ4n) is 2.13. The van der Waals surface area contributed by atoms with Crippen LogP contribution in [0.2, 0.25) is 0 Å². The Morgan fingerprint density at radius 2 is 1.84 bits per heavy atom. The van der Waals surface area contributed by atoms with Gasteiger partial charge in [-0.3, -0.25) is 0 Å². The van der Waals surface area contributed by atoms with E-state index in [1.807, 2.05) is 48.1 Å². The first-order valence-electron chi connectivity index (χ1n) is 6.40. The van der Waals surface area contributed by atoms with Crippen molar-refractivity contribution in [1.29, 1.82) is 0 Å². The number of aromatic nitrogens is 1. The highest BCUT2D eigenvalue weighted by atomic mass is 16.5. The first kappa shape index (κ1) is 13.4. The Hall–Kier alpha value is -2.03. The van der Waals surface area contributed by atoms with Gasteiger partial charge in [-0.15, -0.1) is 0 Å². The van der Waals surface area contributed by atoms with Gasteiger partial charge in [-0.1, -0.05) is 24.3 Å². The molecule has 1 aromatic carbocycles. The Balaban J connectivity index is 2.61. The number of hydrogen-bond donors (Lipinski definition) is 0. The van der Waals surface area contributed by atoms with Gasteiger partial charge in [0.25, 0.3) is 0 Å². The molecular weight excluding hydrogens is 238 g/mol. The molecule has 2 aromatic rings. The predicted molar refractivity (Wildman–Crippen MR) is 76.3 cm³/mol. The lowest BCUT2D eigenvalue weighted by Crippen LogP contribution is -2.02. The van der Waals surface area contributed by atoms with Gasteiger partial charge in [-0.2, -0.15) is 0 Å². The molecule has 0 unspecified atom stereocenters. The molecule has 19 heavy (non-hydrogen) atoms. The van der Waals surface area contributed by atoms with Crippen LogP contribution in [-0.2, 0) is 4.74 Å². The third-order valence-electron chi connectivity index (χ3n) is 3.28. The number of aryl methyl sites for hydroxylation is 1. The molecule has 0 bridgehead atoms. The Morgan fingerprint density at radius 1 is 1.16 bits per heavy atom. The maximum atomic E-state index is 11.9. The van der Waals surface area contributed by atoms with Gasteiger partial charge in [0.1, 0.15) is 0 Å². The third kappa shape index (κ3) is 2.55. The van der Waals surface area contributed by atoms with Crippen LogP contribution < -0.4 is 0 Å². The lowest BCUT2D eigenvalue weighted by molar-refractivity contribution is 0.0601. The molecule has 1 heterocycles. The van der Waals surface area contributed by atoms with E-state index in [9.17, 15) is 4.79 Å². The molecule has 0 atom stereocenters. The van der Waals surface area contributed by atoms with E-state index in [1.54, 1.807) is 0 Å². The molecule has 1 aromatic heterocycles. The fourth-order valence-corrected chi connectivity index (χ4v) is 2.13. The highest BCUT2D eigenvalue weighted by Gasteiger charge is 2.18. The van der Waals surface area contributed by atoms with E-state index in [0.717, 1.165) is 16.7 Å². The second-order valence-electron chi connectivity index (χ2n) is 4.93. The summed E-state index contributed by atoms with van der Waals surface area (Å²) in [5, 5.41) is 0. The zero-order valence-corrected chi connectivity index (χ0v) is 11.8. The molecule has 0 fully saturated rings. The van der Waals surface area contributed by atoms with Gasteiger partial charge < -0.3 is 9.30 Å². The third-order valence-corrected chi connectivity index (χ3v) is 3.28. The number of nitrogens with zero attached hydrogens (tertiary/aromatic N) is 1. The molecular formula is C16H19NO2. The zero-order valence-electron chi connectivity index (χ0n) is 11.8. The van der Waals surface area contributed by atoms with Crippen molar-refractivity contribution in [2.24, 2.45) is 0 Å². The normalized spacial score (nSPS) is 10.8. The number of esters is 1. The maximum absolute atomic E-state index is 11.9. The molecule has 0 spiro atoms. The number of hydrogen-bond acceptors (Lipinski definition) is 2. The van der Waals surface area contributed by atoms with Gasteiger partial charge in [0.15, 0.2) is 0 Å². The summed E-state index contributed by atoms with van der Waals surface area (Å²) < 4.78 is 6.91. The largest absolute Gasteiger partial charge is 0.465 e. The molecule has 0 radical (unpaired) electrons. The van der Waals surface area contributed by atoms with Crippen molar-refractivity contribution >= 4 is 5.97 Å². The van der Waals surface area contributed by atoms with Gasteiger partial charge in [-0.25, -0.2) is 4.79 Å². The van der Waals surface area contributed by atoms with Crippen molar-refractivity contribution in [3.63, 3.8) is 0 Å². The summed E-state index contributed by atoms with van der Waals surface area (Å²) in [4.78, 5) is 11.9. The summed E-state index contributed by atoms with van der Waals surface area (Å²) in [6, 6.07) is 8.36. The van der Waals surface area contributed by atoms with Crippen LogP contribution in [0.15, 0.2) is 36.7 Å². The van der Waals surface area contributed by atoms with Crippen molar-refractivity contribution in [2.75, 3.05) is 7.11 Å². The number of rotatable bonds is 3. The highest BCUT2D eigenvalue weighted by Crippen LogP contribution is 2.29. The van der Waals surface area contributed by atoms with Crippen LogP contribution >= 0.6 is 0 Å². The number of carbonyl (C=O) groups excluding carboxylic acids is 1. The van der Waals surface area contributed by atoms with Gasteiger partial charge in [0, 0.05) is 24.0 Å². The van der Waals surface area contributed by atoms with E-state index >= 15 is 0 Å². The minimum absolute atomic E-state index is 0.294. The lowest BCUT2D eigenvalue weighted by Gasteiger charge is -2.06. The quantitative estimate of drug-likeness (QED) is 0.782. The summed E-state index contributed by atoms with van der Waals surface area (Å²) in [6.45, 7) is 6.22. The molecule has 0 aliphatic heterocycles. The average molecular weight is 257 g/mol. The summed E-state index contributed by atoms with van der Waals surface area (Å²) >= 11 is 0. The second-order valence-corrected chi connectivity index (χ2v) is 4.93. The zero-order chi connectivity index (χ0) is 14.0. The maximum Gasteiger partial charge on any atom is 0.340 e. The van der Waals surface area contributed by atoms with Gasteiger partial charge in [0.2, 0.25) is 0 Å². The molecule has 100 valence electrons. The highest BCUT2D eigenvalue weighted by molar-refractivity contribution is 5.97. The predicted octanol–water partition coefficient (Wildman–Crippen LogP) is 3.83.